The zero-order chi connectivity index (χ0) is 46.4. The number of carbonyl (C=O) groups is 3. The molecule has 3 aromatic rings. The molecule has 0 bridgehead atoms. The second kappa shape index (κ2) is 20.7. The van der Waals surface area contributed by atoms with Gasteiger partial charge in [0.1, 0.15) is 36.3 Å². The molecule has 2 unspecified atom stereocenters. The van der Waals surface area contributed by atoms with E-state index >= 15 is 0 Å². The van der Waals surface area contributed by atoms with E-state index in [1.165, 1.54) is 13.8 Å². The van der Waals surface area contributed by atoms with Gasteiger partial charge in [0.15, 0.2) is 22.8 Å². The Balaban J connectivity index is 1.20. The lowest BCUT2D eigenvalue weighted by Crippen LogP contribution is -2.46. The number of ether oxygens (including phenoxy) is 1. The van der Waals surface area contributed by atoms with Gasteiger partial charge in [0.05, 0.1) is 25.5 Å². The van der Waals surface area contributed by atoms with Crippen molar-refractivity contribution in [1.29, 1.82) is 0 Å². The molecule has 4 rings (SSSR count). The van der Waals surface area contributed by atoms with E-state index in [9.17, 15) is 57.9 Å². The molecule has 1 saturated heterocycles. The number of hydrogen-bond acceptors (Lipinski definition) is 18. The van der Waals surface area contributed by atoms with Crippen molar-refractivity contribution in [1.82, 2.24) is 30.2 Å². The number of rotatable bonds is 21. The zero-order valence-corrected chi connectivity index (χ0v) is 38.0. The highest BCUT2D eigenvalue weighted by Gasteiger charge is 2.50. The fourth-order valence-corrected chi connectivity index (χ4v) is 9.44. The number of phosphoric acid groups is 3. The molecule has 346 valence electrons. The van der Waals surface area contributed by atoms with Crippen LogP contribution in [-0.2, 0) is 56.1 Å². The van der Waals surface area contributed by atoms with E-state index in [4.69, 9.17) is 19.5 Å². The molecule has 1 aromatic carbocycles. The second-order valence-electron chi connectivity index (χ2n) is 15.8. The van der Waals surface area contributed by atoms with Crippen molar-refractivity contribution in [3.05, 3.63) is 48.0 Å². The van der Waals surface area contributed by atoms with Crippen molar-refractivity contribution < 1.29 is 80.5 Å². The lowest BCUT2D eigenvalue weighted by Gasteiger charge is -2.30. The molecule has 2 aromatic heterocycles. The Bertz CT molecular complexity index is 2200. The number of aliphatic hydroxyl groups excluding tert-OH is 2. The molecule has 62 heavy (non-hydrogen) atoms. The first-order valence-corrected chi connectivity index (χ1v) is 24.3. The van der Waals surface area contributed by atoms with Gasteiger partial charge in [0.25, 0.3) is 0 Å². The van der Waals surface area contributed by atoms with E-state index in [-0.39, 0.29) is 52.9 Å². The maximum absolute atomic E-state index is 12.7. The molecule has 0 saturated carbocycles. The predicted octanol–water partition coefficient (Wildman–Crippen LogP) is 1.77. The number of amides is 2. The van der Waals surface area contributed by atoms with Crippen LogP contribution in [0.15, 0.2) is 36.9 Å². The number of thioether (sulfide) groups is 1. The third kappa shape index (κ3) is 14.4. The highest BCUT2D eigenvalue weighted by molar-refractivity contribution is 8.13. The monoisotopic (exact) mass is 955 g/mol. The van der Waals surface area contributed by atoms with Crippen LogP contribution in [0.4, 0.5) is 5.82 Å². The lowest BCUT2D eigenvalue weighted by atomic mass is 9.86. The normalized spacial score (nSPS) is 21.5. The van der Waals surface area contributed by atoms with Gasteiger partial charge in [-0.25, -0.2) is 28.6 Å². The van der Waals surface area contributed by atoms with Crippen LogP contribution in [0.1, 0.15) is 71.2 Å². The van der Waals surface area contributed by atoms with E-state index < -0.39 is 84.6 Å². The summed E-state index contributed by atoms with van der Waals surface area (Å²) in [4.78, 5) is 88.8. The summed E-state index contributed by atoms with van der Waals surface area (Å²) in [6.45, 7) is 8.58. The van der Waals surface area contributed by atoms with Crippen molar-refractivity contribution in [2.24, 2.45) is 5.41 Å². The lowest BCUT2D eigenvalue weighted by molar-refractivity contribution is -0.137. The number of imidazole rings is 1. The number of hydrogen-bond donors (Lipinski definition) is 9. The van der Waals surface area contributed by atoms with Crippen LogP contribution in [0.25, 0.3) is 11.2 Å². The molecule has 2 amide bonds. The molecule has 0 aliphatic carbocycles. The SMILES string of the molecule is C[C@H](C(=O)SCCNC(=O)CCNC(=O)[C@H](O)C(C)(C)COP(=O)(O)OP(=O)(O)OC[C@H]1O[C@@H](n2cnc3c(N)ncnc32)[C@H](O)[C@@H]1OP(=O)(O)O)c1ccc(C(C)(C)C)cc1. The number of aromatic nitrogens is 4. The van der Waals surface area contributed by atoms with E-state index in [1.807, 2.05) is 31.2 Å². The number of fused-ring (bicyclic) bond motifs is 1. The topological polar surface area (TPSA) is 364 Å². The van der Waals surface area contributed by atoms with Crippen molar-refractivity contribution in [2.45, 2.75) is 89.9 Å². The van der Waals surface area contributed by atoms with Crippen LogP contribution >= 0.6 is 35.2 Å². The zero-order valence-electron chi connectivity index (χ0n) is 34.5. The number of phosphoric ester groups is 3. The Hall–Kier alpha value is -3.22. The molecular formula is C34H52N7O17P3S. The minimum Gasteiger partial charge on any atom is -0.386 e. The average molecular weight is 956 g/mol. The smallest absolute Gasteiger partial charge is 0.386 e. The van der Waals surface area contributed by atoms with Crippen LogP contribution in [0.3, 0.4) is 0 Å². The van der Waals surface area contributed by atoms with E-state index in [1.54, 1.807) is 0 Å². The van der Waals surface area contributed by atoms with Crippen LogP contribution in [0, 0.1) is 5.41 Å². The summed E-state index contributed by atoms with van der Waals surface area (Å²) in [5.74, 6) is -1.50. The molecule has 3 heterocycles. The van der Waals surface area contributed by atoms with Gasteiger partial charge >= 0.3 is 23.5 Å². The number of nitrogens with one attached hydrogen (secondary N) is 2. The van der Waals surface area contributed by atoms with E-state index in [2.05, 4.69) is 55.2 Å². The van der Waals surface area contributed by atoms with Gasteiger partial charge in [0, 0.05) is 30.7 Å². The highest BCUT2D eigenvalue weighted by atomic mass is 32.2. The second-order valence-corrected chi connectivity index (χ2v) is 21.2. The summed E-state index contributed by atoms with van der Waals surface area (Å²) < 4.78 is 62.3. The number of nitrogen functional groups attached to an aromatic ring is 1. The van der Waals surface area contributed by atoms with Gasteiger partial charge in [-0.2, -0.15) is 4.31 Å². The maximum atomic E-state index is 12.7. The number of anilines is 1. The highest BCUT2D eigenvalue weighted by Crippen LogP contribution is 2.61. The Kier molecular flexibility index (Phi) is 17.2. The van der Waals surface area contributed by atoms with Crippen molar-refractivity contribution in [2.75, 3.05) is 37.8 Å². The van der Waals surface area contributed by atoms with Crippen molar-refractivity contribution in [3.63, 3.8) is 0 Å². The molecule has 8 atom stereocenters. The van der Waals surface area contributed by atoms with Crippen molar-refractivity contribution in [3.8, 4) is 0 Å². The quantitative estimate of drug-likeness (QED) is 0.0542. The van der Waals surface area contributed by atoms with Crippen LogP contribution in [-0.4, -0.2) is 123 Å². The summed E-state index contributed by atoms with van der Waals surface area (Å²) in [6.07, 6.45) is -6.95. The molecule has 28 heteroatoms. The summed E-state index contributed by atoms with van der Waals surface area (Å²) in [6, 6.07) is 7.88. The first-order valence-electron chi connectivity index (χ1n) is 18.8. The van der Waals surface area contributed by atoms with Gasteiger partial charge in [-0.1, -0.05) is 77.6 Å². The first-order chi connectivity index (χ1) is 28.6. The summed E-state index contributed by atoms with van der Waals surface area (Å²) in [5, 5.41) is 26.5. The fraction of sp³-hybridized carbons (Fsp3) is 0.588. The minimum absolute atomic E-state index is 0.0140. The summed E-state index contributed by atoms with van der Waals surface area (Å²) in [7, 11) is -16.4. The Morgan fingerprint density at radius 3 is 2.24 bits per heavy atom. The number of nitrogens with zero attached hydrogens (tertiary/aromatic N) is 4. The third-order valence-electron chi connectivity index (χ3n) is 9.38. The van der Waals surface area contributed by atoms with Gasteiger partial charge in [-0.3, -0.25) is 32.5 Å². The van der Waals surface area contributed by atoms with Gasteiger partial charge in [0.2, 0.25) is 11.8 Å². The first kappa shape index (κ1) is 51.4. The molecule has 1 aliphatic rings. The van der Waals surface area contributed by atoms with Crippen LogP contribution in [0.2, 0.25) is 0 Å². The van der Waals surface area contributed by atoms with Crippen molar-refractivity contribution >= 4 is 69.1 Å². The van der Waals surface area contributed by atoms with E-state index in [0.29, 0.717) is 5.75 Å². The number of benzene rings is 1. The molecule has 1 fully saturated rings. The fourth-order valence-electron chi connectivity index (χ4n) is 5.81. The van der Waals surface area contributed by atoms with E-state index in [0.717, 1.165) is 40.1 Å². The standard InChI is InChI=1S/C34H52N7O17P3S/c1-19(20-7-9-21(10-8-20)33(2,3)4)32(46)62-14-13-36-23(42)11-12-37-30(45)27(44)34(5,6)16-55-61(52,53)58-60(50,51)54-15-22-26(57-59(47,48)49)25(43)31(56-22)41-18-40-24-28(35)38-17-39-29(24)41/h7-10,17-19,22,25-27,31,43-44H,11-16H2,1-6H3,(H,36,42)(H,37,45)(H,50,51)(H,52,53)(H2,35,38,39)(H2,47,48,49)/t19-,22+,25+,26+,27-,31+/m0/s1. The molecule has 0 radical (unpaired) electrons. The summed E-state index contributed by atoms with van der Waals surface area (Å²) in [5.41, 5.74) is 6.28. The van der Waals surface area contributed by atoms with Gasteiger partial charge in [-0.15, -0.1) is 0 Å². The van der Waals surface area contributed by atoms with Gasteiger partial charge in [-0.05, 0) is 16.5 Å². The number of aliphatic hydroxyl groups is 2. The maximum Gasteiger partial charge on any atom is 0.481 e. The van der Waals surface area contributed by atoms with Crippen LogP contribution < -0.4 is 16.4 Å². The summed E-state index contributed by atoms with van der Waals surface area (Å²) >= 11 is 1.08. The Labute approximate surface area is 360 Å². The average Bonchev–Trinajstić information content (AvgIpc) is 3.73. The molecule has 10 N–H and O–H groups in total. The molecule has 0 spiro atoms. The minimum atomic E-state index is -5.58. The Morgan fingerprint density at radius 2 is 1.61 bits per heavy atom. The Morgan fingerprint density at radius 1 is 0.968 bits per heavy atom. The van der Waals surface area contributed by atoms with Gasteiger partial charge < -0.3 is 50.9 Å². The number of nitrogens with two attached hydrogens (primary N) is 1. The molecular weight excluding hydrogens is 903 g/mol. The molecule has 1 aliphatic heterocycles. The largest absolute Gasteiger partial charge is 0.481 e. The predicted molar refractivity (Wildman–Crippen MR) is 221 cm³/mol. The molecule has 24 nitrogen and oxygen atoms in total. The van der Waals surface area contributed by atoms with Crippen LogP contribution in [0.5, 0.6) is 0 Å². The number of carbonyl (C=O) groups excluding carboxylic acids is 3. The third-order valence-corrected chi connectivity index (χ3v) is 13.5.